The average molecular weight is 357 g/mol. The van der Waals surface area contributed by atoms with Gasteiger partial charge in [-0.05, 0) is 42.8 Å². The van der Waals surface area contributed by atoms with Crippen LogP contribution in [0.3, 0.4) is 0 Å². The van der Waals surface area contributed by atoms with Gasteiger partial charge in [0.25, 0.3) is 0 Å². The summed E-state index contributed by atoms with van der Waals surface area (Å²) >= 11 is 17.6. The van der Waals surface area contributed by atoms with Crippen LogP contribution in [-0.2, 0) is 6.54 Å². The van der Waals surface area contributed by atoms with Crippen LogP contribution in [-0.4, -0.2) is 22.6 Å². The van der Waals surface area contributed by atoms with Gasteiger partial charge in [0.05, 0.1) is 10.0 Å². The summed E-state index contributed by atoms with van der Waals surface area (Å²) in [6.45, 7) is 5.29. The van der Waals surface area contributed by atoms with Crippen LogP contribution in [0.4, 0.5) is 0 Å². The zero-order valence-corrected chi connectivity index (χ0v) is 15.0. The molecule has 0 spiro atoms. The smallest absolute Gasteiger partial charge is 0.169 e. The van der Waals surface area contributed by atoms with E-state index in [1.54, 1.807) is 0 Å². The van der Waals surface area contributed by atoms with Crippen molar-refractivity contribution in [2.75, 3.05) is 6.54 Å². The highest BCUT2D eigenvalue weighted by Crippen LogP contribution is 2.24. The summed E-state index contributed by atoms with van der Waals surface area (Å²) in [4.78, 5) is 2.26. The molecule has 0 amide bonds. The van der Waals surface area contributed by atoms with E-state index in [-0.39, 0.29) is 0 Å². The van der Waals surface area contributed by atoms with E-state index in [9.17, 15) is 0 Å². The highest BCUT2D eigenvalue weighted by Gasteiger charge is 2.22. The predicted octanol–water partition coefficient (Wildman–Crippen LogP) is 5.19. The topological polar surface area (TPSA) is 15.3 Å². The first-order valence-corrected chi connectivity index (χ1v) is 8.87. The molecule has 0 radical (unpaired) electrons. The molecule has 1 aliphatic carbocycles. The van der Waals surface area contributed by atoms with E-state index in [1.165, 1.54) is 32.1 Å². The number of thiocarbonyl (C=S) groups is 1. The molecule has 1 aliphatic rings. The van der Waals surface area contributed by atoms with Gasteiger partial charge >= 0.3 is 0 Å². The summed E-state index contributed by atoms with van der Waals surface area (Å²) in [5, 5.41) is 5.27. The van der Waals surface area contributed by atoms with E-state index >= 15 is 0 Å². The minimum Gasteiger partial charge on any atom is -0.358 e. The molecule has 0 aromatic heterocycles. The molecule has 2 rings (SSSR count). The van der Waals surface area contributed by atoms with Crippen molar-refractivity contribution < 1.29 is 0 Å². The van der Waals surface area contributed by atoms with Gasteiger partial charge in [0.1, 0.15) is 0 Å². The summed E-state index contributed by atoms with van der Waals surface area (Å²) in [6, 6.07) is 6.17. The lowest BCUT2D eigenvalue weighted by molar-refractivity contribution is 0.258. The minimum absolute atomic E-state index is 0.528. The Kier molecular flexibility index (Phi) is 7.00. The molecule has 1 N–H and O–H groups in total. The SMILES string of the molecule is C=CCN(C(=S)NCc1ccc(Cl)c(Cl)c1)C1CCCCC1. The van der Waals surface area contributed by atoms with Gasteiger partial charge in [0.2, 0.25) is 0 Å². The van der Waals surface area contributed by atoms with E-state index in [1.807, 2.05) is 24.3 Å². The first-order valence-electron chi connectivity index (χ1n) is 7.71. The van der Waals surface area contributed by atoms with Crippen LogP contribution in [0.1, 0.15) is 37.7 Å². The minimum atomic E-state index is 0.528. The second-order valence-corrected chi connectivity index (χ2v) is 6.84. The van der Waals surface area contributed by atoms with Crippen LogP contribution in [0.5, 0.6) is 0 Å². The molecule has 1 fully saturated rings. The van der Waals surface area contributed by atoms with Crippen LogP contribution in [0.2, 0.25) is 10.0 Å². The van der Waals surface area contributed by atoms with Crippen LogP contribution in [0, 0.1) is 0 Å². The van der Waals surface area contributed by atoms with Gasteiger partial charge in [0, 0.05) is 19.1 Å². The average Bonchev–Trinajstić information content (AvgIpc) is 2.54. The summed E-state index contributed by atoms with van der Waals surface area (Å²) < 4.78 is 0. The van der Waals surface area contributed by atoms with Crippen molar-refractivity contribution in [2.45, 2.75) is 44.7 Å². The first-order chi connectivity index (χ1) is 10.6. The van der Waals surface area contributed by atoms with Gasteiger partial charge in [0.15, 0.2) is 5.11 Å². The Morgan fingerprint density at radius 3 is 2.64 bits per heavy atom. The molecular weight excluding hydrogens is 335 g/mol. The van der Waals surface area contributed by atoms with Crippen LogP contribution >= 0.6 is 35.4 Å². The third kappa shape index (κ3) is 4.87. The van der Waals surface area contributed by atoms with Crippen LogP contribution in [0.25, 0.3) is 0 Å². The quantitative estimate of drug-likeness (QED) is 0.577. The molecule has 1 aromatic rings. The lowest BCUT2D eigenvalue weighted by Crippen LogP contribution is -2.46. The fraction of sp³-hybridized carbons (Fsp3) is 0.471. The number of nitrogens with zero attached hydrogens (tertiary/aromatic N) is 1. The maximum atomic E-state index is 6.05. The Bertz CT molecular complexity index is 527. The third-order valence-corrected chi connectivity index (χ3v) is 5.15. The molecule has 120 valence electrons. The molecule has 0 unspecified atom stereocenters. The molecular formula is C17H22Cl2N2S. The summed E-state index contributed by atoms with van der Waals surface area (Å²) in [6.07, 6.45) is 8.25. The predicted molar refractivity (Wildman–Crippen MR) is 99.7 cm³/mol. The summed E-state index contributed by atoms with van der Waals surface area (Å²) in [7, 11) is 0. The normalized spacial score (nSPS) is 15.4. The van der Waals surface area contributed by atoms with Crippen molar-refractivity contribution >= 4 is 40.5 Å². The first kappa shape index (κ1) is 17.6. The summed E-state index contributed by atoms with van der Waals surface area (Å²) in [5.74, 6) is 0. The van der Waals surface area contributed by atoms with E-state index in [0.717, 1.165) is 17.2 Å². The van der Waals surface area contributed by atoms with Crippen molar-refractivity contribution in [3.8, 4) is 0 Å². The molecule has 0 aliphatic heterocycles. The largest absolute Gasteiger partial charge is 0.358 e. The van der Waals surface area contributed by atoms with Gasteiger partial charge < -0.3 is 10.2 Å². The highest BCUT2D eigenvalue weighted by atomic mass is 35.5. The Hall–Kier alpha value is -0.770. The highest BCUT2D eigenvalue weighted by molar-refractivity contribution is 7.80. The number of nitrogens with one attached hydrogen (secondary N) is 1. The molecule has 1 saturated carbocycles. The third-order valence-electron chi connectivity index (χ3n) is 4.03. The Morgan fingerprint density at radius 2 is 2.00 bits per heavy atom. The molecule has 0 saturated heterocycles. The van der Waals surface area contributed by atoms with Gasteiger partial charge in [-0.15, -0.1) is 6.58 Å². The van der Waals surface area contributed by atoms with Gasteiger partial charge in [-0.1, -0.05) is 54.6 Å². The fourth-order valence-electron chi connectivity index (χ4n) is 2.86. The Balaban J connectivity index is 1.95. The number of hydrogen-bond acceptors (Lipinski definition) is 1. The molecule has 0 atom stereocenters. The van der Waals surface area contributed by atoms with Crippen molar-refractivity contribution in [2.24, 2.45) is 0 Å². The zero-order chi connectivity index (χ0) is 15.9. The van der Waals surface area contributed by atoms with Crippen molar-refractivity contribution in [3.63, 3.8) is 0 Å². The fourth-order valence-corrected chi connectivity index (χ4v) is 3.47. The number of benzene rings is 1. The second kappa shape index (κ2) is 8.76. The molecule has 2 nitrogen and oxygen atoms in total. The molecule has 1 aromatic carbocycles. The maximum absolute atomic E-state index is 6.05. The van der Waals surface area contributed by atoms with Crippen molar-refractivity contribution in [1.82, 2.24) is 10.2 Å². The van der Waals surface area contributed by atoms with Crippen molar-refractivity contribution in [3.05, 3.63) is 46.5 Å². The monoisotopic (exact) mass is 356 g/mol. The maximum Gasteiger partial charge on any atom is 0.169 e. The molecule has 0 heterocycles. The van der Waals surface area contributed by atoms with Gasteiger partial charge in [-0.3, -0.25) is 0 Å². The van der Waals surface area contributed by atoms with Crippen LogP contribution < -0.4 is 5.32 Å². The van der Waals surface area contributed by atoms with Crippen molar-refractivity contribution in [1.29, 1.82) is 0 Å². The van der Waals surface area contributed by atoms with E-state index in [0.29, 0.717) is 22.6 Å². The molecule has 5 heteroatoms. The van der Waals surface area contributed by atoms with Gasteiger partial charge in [-0.25, -0.2) is 0 Å². The van der Waals surface area contributed by atoms with E-state index in [4.69, 9.17) is 35.4 Å². The number of halogens is 2. The number of rotatable bonds is 5. The standard InChI is InChI=1S/C17H22Cl2N2S/c1-2-10-21(14-6-4-3-5-7-14)17(22)20-12-13-8-9-15(18)16(19)11-13/h2,8-9,11,14H,1,3-7,10,12H2,(H,20,22). The summed E-state index contributed by atoms with van der Waals surface area (Å²) in [5.41, 5.74) is 1.07. The van der Waals surface area contributed by atoms with Gasteiger partial charge in [-0.2, -0.15) is 0 Å². The van der Waals surface area contributed by atoms with Crippen LogP contribution in [0.15, 0.2) is 30.9 Å². The molecule has 22 heavy (non-hydrogen) atoms. The lowest BCUT2D eigenvalue weighted by Gasteiger charge is -2.35. The number of hydrogen-bond donors (Lipinski definition) is 1. The molecule has 0 bridgehead atoms. The zero-order valence-electron chi connectivity index (χ0n) is 12.7. The Labute approximate surface area is 148 Å². The van der Waals surface area contributed by atoms with E-state index < -0.39 is 0 Å². The van der Waals surface area contributed by atoms with E-state index in [2.05, 4.69) is 16.8 Å². The Morgan fingerprint density at radius 1 is 1.27 bits per heavy atom. The second-order valence-electron chi connectivity index (χ2n) is 5.64. The lowest BCUT2D eigenvalue weighted by atomic mass is 9.94.